The highest BCUT2D eigenvalue weighted by atomic mass is 16.3. The molecule has 1 atom stereocenters. The van der Waals surface area contributed by atoms with Crippen LogP contribution in [0.15, 0.2) is 0 Å². The summed E-state index contributed by atoms with van der Waals surface area (Å²) in [5.41, 5.74) is 10.8. The second-order valence-corrected chi connectivity index (χ2v) is 3.76. The average Bonchev–Trinajstić information content (AvgIpc) is 2.62. The van der Waals surface area contributed by atoms with Crippen LogP contribution in [0.1, 0.15) is 35.0 Å². The topological polar surface area (TPSA) is 62.0 Å². The Bertz CT molecular complexity index is 317. The van der Waals surface area contributed by atoms with Gasteiger partial charge in [-0.3, -0.25) is 0 Å². The van der Waals surface area contributed by atoms with Gasteiger partial charge in [0.2, 0.25) is 0 Å². The summed E-state index contributed by atoms with van der Waals surface area (Å²) in [5, 5.41) is 9.02. The van der Waals surface area contributed by atoms with Crippen LogP contribution in [0.3, 0.4) is 0 Å². The Morgan fingerprint density at radius 3 is 3.00 bits per heavy atom. The highest BCUT2D eigenvalue weighted by Crippen LogP contribution is 2.30. The van der Waals surface area contributed by atoms with E-state index < -0.39 is 0 Å². The molecule has 3 nitrogen and oxygen atoms in total. The Kier molecular flexibility index (Phi) is 2.14. The van der Waals surface area contributed by atoms with Crippen LogP contribution in [-0.4, -0.2) is 16.7 Å². The summed E-state index contributed by atoms with van der Waals surface area (Å²) >= 11 is 0. The number of rotatable bonds is 2. The normalized spacial score (nSPS) is 17.5. The van der Waals surface area contributed by atoms with Crippen molar-refractivity contribution in [2.24, 2.45) is 5.73 Å². The predicted molar refractivity (Wildman–Crippen MR) is 51.6 cm³/mol. The van der Waals surface area contributed by atoms with E-state index in [1.807, 2.05) is 6.92 Å². The molecule has 0 radical (unpaired) electrons. The fraction of sp³-hybridized carbons (Fsp3) is 0.600. The van der Waals surface area contributed by atoms with E-state index in [-0.39, 0.29) is 12.6 Å². The van der Waals surface area contributed by atoms with Gasteiger partial charge in [0.05, 0.1) is 12.6 Å². The number of aliphatic hydroxyl groups excluding tert-OH is 1. The van der Waals surface area contributed by atoms with Crippen molar-refractivity contribution in [2.45, 2.75) is 32.2 Å². The molecule has 1 aliphatic carbocycles. The number of aromatic nitrogens is 1. The van der Waals surface area contributed by atoms with Crippen molar-refractivity contribution >= 4 is 0 Å². The highest BCUT2D eigenvalue weighted by molar-refractivity contribution is 5.41. The third-order valence-corrected chi connectivity index (χ3v) is 2.85. The molecule has 1 heterocycles. The molecule has 13 heavy (non-hydrogen) atoms. The lowest BCUT2D eigenvalue weighted by Gasteiger charge is -2.09. The third kappa shape index (κ3) is 1.28. The van der Waals surface area contributed by atoms with Crippen LogP contribution < -0.4 is 5.73 Å². The zero-order valence-electron chi connectivity index (χ0n) is 7.93. The van der Waals surface area contributed by atoms with E-state index in [9.17, 15) is 0 Å². The molecule has 0 saturated heterocycles. The van der Waals surface area contributed by atoms with E-state index in [0.29, 0.717) is 0 Å². The summed E-state index contributed by atoms with van der Waals surface area (Å²) in [6.07, 6.45) is 3.46. The van der Waals surface area contributed by atoms with Crippen LogP contribution in [0.5, 0.6) is 0 Å². The van der Waals surface area contributed by atoms with Gasteiger partial charge in [0, 0.05) is 11.4 Å². The Labute approximate surface area is 78.0 Å². The number of aromatic amines is 1. The first-order chi connectivity index (χ1) is 6.24. The van der Waals surface area contributed by atoms with Gasteiger partial charge < -0.3 is 15.8 Å². The van der Waals surface area contributed by atoms with Crippen molar-refractivity contribution in [2.75, 3.05) is 6.61 Å². The van der Waals surface area contributed by atoms with Gasteiger partial charge in [-0.25, -0.2) is 0 Å². The molecule has 3 heteroatoms. The third-order valence-electron chi connectivity index (χ3n) is 2.85. The maximum Gasteiger partial charge on any atom is 0.0625 e. The highest BCUT2D eigenvalue weighted by Gasteiger charge is 2.22. The Hall–Kier alpha value is -0.800. The number of nitrogens with two attached hydrogens (primary N) is 1. The number of nitrogens with one attached hydrogen (secondary N) is 1. The van der Waals surface area contributed by atoms with Gasteiger partial charge in [-0.05, 0) is 37.3 Å². The molecule has 0 spiro atoms. The number of hydrogen-bond donors (Lipinski definition) is 3. The Morgan fingerprint density at radius 1 is 1.54 bits per heavy atom. The van der Waals surface area contributed by atoms with Crippen molar-refractivity contribution in [3.8, 4) is 0 Å². The molecule has 0 fully saturated rings. The molecule has 0 aliphatic heterocycles. The van der Waals surface area contributed by atoms with Gasteiger partial charge in [0.1, 0.15) is 0 Å². The first kappa shape index (κ1) is 8.78. The molecular weight excluding hydrogens is 164 g/mol. The van der Waals surface area contributed by atoms with Crippen molar-refractivity contribution < 1.29 is 5.11 Å². The van der Waals surface area contributed by atoms with Gasteiger partial charge in [0.25, 0.3) is 0 Å². The maximum atomic E-state index is 9.02. The number of aliphatic hydroxyl groups is 1. The number of H-pyrrole nitrogens is 1. The monoisotopic (exact) mass is 180 g/mol. The molecule has 1 aromatic heterocycles. The summed E-state index contributed by atoms with van der Waals surface area (Å²) in [7, 11) is 0. The van der Waals surface area contributed by atoms with Crippen LogP contribution in [0.4, 0.5) is 0 Å². The van der Waals surface area contributed by atoms with Crippen molar-refractivity contribution in [1.82, 2.24) is 4.98 Å². The molecule has 4 N–H and O–H groups in total. The maximum absolute atomic E-state index is 9.02. The van der Waals surface area contributed by atoms with Gasteiger partial charge in [-0.2, -0.15) is 0 Å². The largest absolute Gasteiger partial charge is 0.394 e. The average molecular weight is 180 g/mol. The zero-order chi connectivity index (χ0) is 9.42. The summed E-state index contributed by atoms with van der Waals surface area (Å²) in [6, 6.07) is -0.210. The molecular formula is C10H16N2O. The van der Waals surface area contributed by atoms with E-state index in [1.165, 1.54) is 17.7 Å². The van der Waals surface area contributed by atoms with E-state index in [4.69, 9.17) is 10.8 Å². The predicted octanol–water partition coefficient (Wildman–Crippen LogP) is 0.804. The van der Waals surface area contributed by atoms with E-state index >= 15 is 0 Å². The van der Waals surface area contributed by atoms with Crippen molar-refractivity contribution in [3.05, 3.63) is 22.5 Å². The van der Waals surface area contributed by atoms with E-state index in [0.717, 1.165) is 24.1 Å². The minimum absolute atomic E-state index is 0.0329. The van der Waals surface area contributed by atoms with Gasteiger partial charge >= 0.3 is 0 Å². The lowest BCUT2D eigenvalue weighted by molar-refractivity contribution is 0.267. The lowest BCUT2D eigenvalue weighted by Crippen LogP contribution is -2.16. The Morgan fingerprint density at radius 2 is 2.31 bits per heavy atom. The molecule has 0 saturated carbocycles. The van der Waals surface area contributed by atoms with E-state index in [2.05, 4.69) is 4.98 Å². The molecule has 0 bridgehead atoms. The molecule has 0 amide bonds. The van der Waals surface area contributed by atoms with Crippen molar-refractivity contribution in [3.63, 3.8) is 0 Å². The molecule has 72 valence electrons. The minimum Gasteiger partial charge on any atom is -0.394 e. The first-order valence-corrected chi connectivity index (χ1v) is 4.80. The van der Waals surface area contributed by atoms with Crippen LogP contribution in [-0.2, 0) is 12.8 Å². The SMILES string of the molecule is Cc1[nH]c2c(c1C(N)CO)CCC2. The molecule has 1 aliphatic rings. The number of hydrogen-bond acceptors (Lipinski definition) is 2. The summed E-state index contributed by atoms with van der Waals surface area (Å²) in [6.45, 7) is 2.06. The fourth-order valence-electron chi connectivity index (χ4n) is 2.29. The van der Waals surface area contributed by atoms with E-state index in [1.54, 1.807) is 0 Å². The first-order valence-electron chi connectivity index (χ1n) is 4.80. The summed E-state index contributed by atoms with van der Waals surface area (Å²) in [4.78, 5) is 3.35. The van der Waals surface area contributed by atoms with Crippen molar-refractivity contribution in [1.29, 1.82) is 0 Å². The zero-order valence-corrected chi connectivity index (χ0v) is 7.93. The van der Waals surface area contributed by atoms with Crippen LogP contribution in [0, 0.1) is 6.92 Å². The second-order valence-electron chi connectivity index (χ2n) is 3.76. The summed E-state index contributed by atoms with van der Waals surface area (Å²) in [5.74, 6) is 0. The Balaban J connectivity index is 2.43. The van der Waals surface area contributed by atoms with Gasteiger partial charge in [-0.15, -0.1) is 0 Å². The van der Waals surface area contributed by atoms with Gasteiger partial charge in [-0.1, -0.05) is 0 Å². The minimum atomic E-state index is -0.210. The molecule has 2 rings (SSSR count). The van der Waals surface area contributed by atoms with Crippen LogP contribution >= 0.6 is 0 Å². The quantitative estimate of drug-likeness (QED) is 0.630. The van der Waals surface area contributed by atoms with Gasteiger partial charge in [0.15, 0.2) is 0 Å². The standard InChI is InChI=1S/C10H16N2O/c1-6-10(8(11)5-13)7-3-2-4-9(7)12-6/h8,12-13H,2-5,11H2,1H3. The fourth-order valence-corrected chi connectivity index (χ4v) is 2.29. The smallest absolute Gasteiger partial charge is 0.0625 e. The molecule has 0 aromatic carbocycles. The molecule has 1 unspecified atom stereocenters. The van der Waals surface area contributed by atoms with Crippen LogP contribution in [0.25, 0.3) is 0 Å². The summed E-state index contributed by atoms with van der Waals surface area (Å²) < 4.78 is 0. The number of fused-ring (bicyclic) bond motifs is 1. The molecule has 1 aromatic rings. The number of aryl methyl sites for hydroxylation is 2. The lowest BCUT2D eigenvalue weighted by atomic mass is 10.0. The van der Waals surface area contributed by atoms with Crippen LogP contribution in [0.2, 0.25) is 0 Å². The second kappa shape index (κ2) is 3.16.